The summed E-state index contributed by atoms with van der Waals surface area (Å²) in [4.78, 5) is 0. The lowest BCUT2D eigenvalue weighted by molar-refractivity contribution is -0.0765. The average Bonchev–Trinajstić information content (AvgIpc) is 2.20. The Hall–Kier alpha value is -0.160. The van der Waals surface area contributed by atoms with Crippen LogP contribution in [0.2, 0.25) is 0 Å². The van der Waals surface area contributed by atoms with E-state index in [0.29, 0.717) is 25.8 Å². The Balaban J connectivity index is 2.16. The predicted octanol–water partition coefficient (Wildman–Crippen LogP) is 0.133. The monoisotopic (exact) mass is 217 g/mol. The van der Waals surface area contributed by atoms with Crippen molar-refractivity contribution in [1.29, 1.82) is 0 Å². The molecule has 1 fully saturated rings. The summed E-state index contributed by atoms with van der Waals surface area (Å²) in [5, 5.41) is 22.3. The Kier molecular flexibility index (Phi) is 4.52. The minimum absolute atomic E-state index is 0.0780. The van der Waals surface area contributed by atoms with Crippen LogP contribution in [0.5, 0.6) is 0 Å². The number of hydrogen-bond donors (Lipinski definition) is 3. The molecule has 0 aromatic heterocycles. The second-order valence-electron chi connectivity index (χ2n) is 4.85. The normalized spacial score (nSPS) is 31.0. The standard InChI is InChI=1S/C11H23NO3/c1-4-15-7-8(13)6-12-9-5-10(14)11(9,2)3/h8-10,12-14H,4-7H2,1-3H3. The number of ether oxygens (including phenoxy) is 1. The maximum absolute atomic E-state index is 9.53. The highest BCUT2D eigenvalue weighted by Crippen LogP contribution is 2.40. The van der Waals surface area contributed by atoms with E-state index in [-0.39, 0.29) is 11.5 Å². The molecule has 0 amide bonds. The first-order chi connectivity index (χ1) is 6.98. The summed E-state index contributed by atoms with van der Waals surface area (Å²) in [6, 6.07) is 0.295. The predicted molar refractivity (Wildman–Crippen MR) is 58.7 cm³/mol. The van der Waals surface area contributed by atoms with Gasteiger partial charge >= 0.3 is 0 Å². The van der Waals surface area contributed by atoms with Crippen molar-refractivity contribution in [2.75, 3.05) is 19.8 Å². The van der Waals surface area contributed by atoms with Gasteiger partial charge in [0.05, 0.1) is 18.8 Å². The van der Waals surface area contributed by atoms with Gasteiger partial charge in [-0.3, -0.25) is 0 Å². The minimum atomic E-state index is -0.460. The molecule has 0 heterocycles. The molecule has 3 atom stereocenters. The molecule has 4 heteroatoms. The highest BCUT2D eigenvalue weighted by Gasteiger charge is 2.46. The van der Waals surface area contributed by atoms with Crippen molar-refractivity contribution in [2.24, 2.45) is 5.41 Å². The van der Waals surface area contributed by atoms with Crippen LogP contribution in [0.1, 0.15) is 27.2 Å². The van der Waals surface area contributed by atoms with E-state index in [9.17, 15) is 10.2 Å². The van der Waals surface area contributed by atoms with Gasteiger partial charge in [-0.25, -0.2) is 0 Å². The Morgan fingerprint density at radius 2 is 2.20 bits per heavy atom. The van der Waals surface area contributed by atoms with Gasteiger partial charge in [-0.15, -0.1) is 0 Å². The average molecular weight is 217 g/mol. The first-order valence-corrected chi connectivity index (χ1v) is 5.65. The van der Waals surface area contributed by atoms with E-state index >= 15 is 0 Å². The van der Waals surface area contributed by atoms with Gasteiger partial charge in [0.15, 0.2) is 0 Å². The highest BCUT2D eigenvalue weighted by atomic mass is 16.5. The number of hydrogen-bond acceptors (Lipinski definition) is 4. The van der Waals surface area contributed by atoms with Crippen molar-refractivity contribution < 1.29 is 14.9 Å². The van der Waals surface area contributed by atoms with Gasteiger partial charge in [-0.2, -0.15) is 0 Å². The molecule has 0 aliphatic heterocycles. The van der Waals surface area contributed by atoms with E-state index in [4.69, 9.17) is 4.74 Å². The van der Waals surface area contributed by atoms with Crippen molar-refractivity contribution in [3.05, 3.63) is 0 Å². The minimum Gasteiger partial charge on any atom is -0.392 e. The van der Waals surface area contributed by atoms with Crippen LogP contribution in [0.15, 0.2) is 0 Å². The third-order valence-corrected chi connectivity index (χ3v) is 3.33. The van der Waals surface area contributed by atoms with Gasteiger partial charge in [0.1, 0.15) is 0 Å². The Labute approximate surface area is 91.6 Å². The Bertz CT molecular complexity index is 196. The molecule has 90 valence electrons. The van der Waals surface area contributed by atoms with Crippen LogP contribution >= 0.6 is 0 Å². The zero-order valence-electron chi connectivity index (χ0n) is 9.86. The lowest BCUT2D eigenvalue weighted by atomic mass is 9.64. The van der Waals surface area contributed by atoms with Crippen LogP contribution < -0.4 is 5.32 Å². The summed E-state index contributed by atoms with van der Waals surface area (Å²) < 4.78 is 5.11. The van der Waals surface area contributed by atoms with E-state index in [1.54, 1.807) is 0 Å². The topological polar surface area (TPSA) is 61.7 Å². The van der Waals surface area contributed by atoms with Gasteiger partial charge in [-0.1, -0.05) is 13.8 Å². The molecule has 3 N–H and O–H groups in total. The van der Waals surface area contributed by atoms with Crippen LogP contribution in [0.25, 0.3) is 0 Å². The molecule has 1 aliphatic carbocycles. The highest BCUT2D eigenvalue weighted by molar-refractivity contribution is 5.01. The van der Waals surface area contributed by atoms with Crippen LogP contribution in [-0.2, 0) is 4.74 Å². The van der Waals surface area contributed by atoms with Crippen LogP contribution in [0.3, 0.4) is 0 Å². The van der Waals surface area contributed by atoms with Crippen molar-refractivity contribution in [3.63, 3.8) is 0 Å². The Morgan fingerprint density at radius 1 is 1.53 bits per heavy atom. The smallest absolute Gasteiger partial charge is 0.0897 e. The number of aliphatic hydroxyl groups excluding tert-OH is 2. The summed E-state index contributed by atoms with van der Waals surface area (Å²) >= 11 is 0. The van der Waals surface area contributed by atoms with Crippen molar-refractivity contribution >= 4 is 0 Å². The first-order valence-electron chi connectivity index (χ1n) is 5.65. The van der Waals surface area contributed by atoms with Gasteiger partial charge in [0.25, 0.3) is 0 Å². The van der Waals surface area contributed by atoms with Crippen LogP contribution in [0, 0.1) is 5.41 Å². The molecule has 0 saturated heterocycles. The molecular weight excluding hydrogens is 194 g/mol. The quantitative estimate of drug-likeness (QED) is 0.592. The van der Waals surface area contributed by atoms with Crippen molar-refractivity contribution in [3.8, 4) is 0 Å². The number of nitrogens with one attached hydrogen (secondary N) is 1. The number of aliphatic hydroxyl groups is 2. The van der Waals surface area contributed by atoms with Crippen LogP contribution in [-0.4, -0.2) is 48.2 Å². The SMILES string of the molecule is CCOCC(O)CNC1CC(O)C1(C)C. The lowest BCUT2D eigenvalue weighted by Crippen LogP contribution is -2.61. The molecule has 0 aromatic carbocycles. The fourth-order valence-electron chi connectivity index (χ4n) is 1.84. The molecular formula is C11H23NO3. The maximum atomic E-state index is 9.53. The van der Waals surface area contributed by atoms with Crippen molar-refractivity contribution in [2.45, 2.75) is 45.4 Å². The fraction of sp³-hybridized carbons (Fsp3) is 1.00. The molecule has 15 heavy (non-hydrogen) atoms. The van der Waals surface area contributed by atoms with E-state index in [0.717, 1.165) is 6.42 Å². The third kappa shape index (κ3) is 3.14. The van der Waals surface area contributed by atoms with E-state index in [2.05, 4.69) is 5.32 Å². The Morgan fingerprint density at radius 3 is 2.67 bits per heavy atom. The van der Waals surface area contributed by atoms with Gasteiger partial charge in [0.2, 0.25) is 0 Å². The van der Waals surface area contributed by atoms with E-state index in [1.807, 2.05) is 20.8 Å². The summed E-state index contributed by atoms with van der Waals surface area (Å²) in [5.41, 5.74) is -0.0780. The maximum Gasteiger partial charge on any atom is 0.0897 e. The lowest BCUT2D eigenvalue weighted by Gasteiger charge is -2.49. The second-order valence-corrected chi connectivity index (χ2v) is 4.85. The molecule has 1 saturated carbocycles. The molecule has 0 bridgehead atoms. The zero-order chi connectivity index (χ0) is 11.5. The summed E-state index contributed by atoms with van der Waals surface area (Å²) in [6.45, 7) is 7.51. The van der Waals surface area contributed by atoms with Crippen LogP contribution in [0.4, 0.5) is 0 Å². The molecule has 1 aliphatic rings. The molecule has 0 aromatic rings. The largest absolute Gasteiger partial charge is 0.392 e. The third-order valence-electron chi connectivity index (χ3n) is 3.33. The molecule has 3 unspecified atom stereocenters. The second kappa shape index (κ2) is 5.25. The molecule has 0 spiro atoms. The van der Waals surface area contributed by atoms with Crippen molar-refractivity contribution in [1.82, 2.24) is 5.32 Å². The van der Waals surface area contributed by atoms with E-state index < -0.39 is 6.10 Å². The molecule has 1 rings (SSSR count). The summed E-state index contributed by atoms with van der Waals surface area (Å²) in [5.74, 6) is 0. The van der Waals surface area contributed by atoms with Gasteiger partial charge < -0.3 is 20.3 Å². The summed E-state index contributed by atoms with van der Waals surface area (Å²) in [6.07, 6.45) is 0.0893. The number of rotatable bonds is 6. The fourth-order valence-corrected chi connectivity index (χ4v) is 1.84. The summed E-state index contributed by atoms with van der Waals surface area (Å²) in [7, 11) is 0. The zero-order valence-corrected chi connectivity index (χ0v) is 9.86. The van der Waals surface area contributed by atoms with E-state index in [1.165, 1.54) is 0 Å². The molecule has 0 radical (unpaired) electrons. The first kappa shape index (κ1) is 12.9. The van der Waals surface area contributed by atoms with Gasteiger partial charge in [-0.05, 0) is 13.3 Å². The molecule has 4 nitrogen and oxygen atoms in total. The van der Waals surface area contributed by atoms with Gasteiger partial charge in [0, 0.05) is 24.6 Å².